The van der Waals surface area contributed by atoms with Crippen LogP contribution < -0.4 is 0 Å². The van der Waals surface area contributed by atoms with E-state index in [9.17, 15) is 9.90 Å². The highest BCUT2D eigenvalue weighted by atomic mass is 16.7. The summed E-state index contributed by atoms with van der Waals surface area (Å²) in [5.41, 5.74) is 1.71. The first-order valence-corrected chi connectivity index (χ1v) is 8.01. The zero-order valence-corrected chi connectivity index (χ0v) is 13.6. The molecule has 0 aromatic heterocycles. The van der Waals surface area contributed by atoms with E-state index in [1.165, 1.54) is 0 Å². The van der Waals surface area contributed by atoms with Crippen LogP contribution in [0.5, 0.6) is 0 Å². The number of aliphatic hydroxyl groups excluding tert-OH is 1. The Bertz CT molecular complexity index is 626. The molecule has 0 aliphatic carbocycles. The second-order valence-corrected chi connectivity index (χ2v) is 5.60. The van der Waals surface area contributed by atoms with Crippen molar-refractivity contribution < 1.29 is 24.5 Å². The van der Waals surface area contributed by atoms with Crippen molar-refractivity contribution in [2.45, 2.75) is 32.0 Å². The molecule has 2 N–H and O–H groups in total. The molecule has 128 valence electrons. The summed E-state index contributed by atoms with van der Waals surface area (Å²) >= 11 is 0. The van der Waals surface area contributed by atoms with Gasteiger partial charge in [-0.25, -0.2) is 4.79 Å². The van der Waals surface area contributed by atoms with Crippen molar-refractivity contribution in [3.05, 3.63) is 47.2 Å². The third-order valence-corrected chi connectivity index (χ3v) is 4.08. The maximum Gasteiger partial charge on any atom is 0.370 e. The van der Waals surface area contributed by atoms with Gasteiger partial charge < -0.3 is 19.7 Å². The van der Waals surface area contributed by atoms with Crippen molar-refractivity contribution in [1.82, 2.24) is 0 Å². The van der Waals surface area contributed by atoms with Crippen LogP contribution in [-0.4, -0.2) is 35.7 Å². The first-order valence-electron chi connectivity index (χ1n) is 8.01. The van der Waals surface area contributed by atoms with Crippen LogP contribution in [0.15, 0.2) is 36.1 Å². The monoisotopic (exact) mass is 330 g/mol. The number of ether oxygens (including phenoxy) is 2. The van der Waals surface area contributed by atoms with E-state index in [0.717, 1.165) is 11.1 Å². The molecule has 1 aromatic rings. The summed E-state index contributed by atoms with van der Waals surface area (Å²) < 4.78 is 11.1. The summed E-state index contributed by atoms with van der Waals surface area (Å²) in [4.78, 5) is 11.4. The molecule has 1 aliphatic rings. The predicted molar refractivity (Wildman–Crippen MR) is 89.1 cm³/mol. The normalized spacial score (nSPS) is 23.0. The van der Waals surface area contributed by atoms with Crippen LogP contribution in [0.1, 0.15) is 36.8 Å². The van der Waals surface area contributed by atoms with Gasteiger partial charge in [0.1, 0.15) is 0 Å². The minimum Gasteiger partial charge on any atom is -0.475 e. The van der Waals surface area contributed by atoms with Gasteiger partial charge in [-0.05, 0) is 43.5 Å². The van der Waals surface area contributed by atoms with Gasteiger partial charge in [-0.15, -0.1) is 6.42 Å². The van der Waals surface area contributed by atoms with Crippen LogP contribution in [0.2, 0.25) is 0 Å². The maximum atomic E-state index is 11.4. The second-order valence-electron chi connectivity index (χ2n) is 5.60. The molecule has 24 heavy (non-hydrogen) atoms. The molecule has 5 heteroatoms. The van der Waals surface area contributed by atoms with E-state index >= 15 is 0 Å². The topological polar surface area (TPSA) is 76.0 Å². The fourth-order valence-corrected chi connectivity index (χ4v) is 2.94. The number of benzene rings is 1. The van der Waals surface area contributed by atoms with Gasteiger partial charge in [-0.3, -0.25) is 0 Å². The van der Waals surface area contributed by atoms with E-state index in [1.54, 1.807) is 6.08 Å². The van der Waals surface area contributed by atoms with Crippen LogP contribution in [0.3, 0.4) is 0 Å². The lowest BCUT2D eigenvalue weighted by atomic mass is 9.80. The number of hydrogen-bond acceptors (Lipinski definition) is 4. The standard InChI is InChI=1S/C19H22O5/c1-3-13-7-9-14(10-8-13)16-12-17(18(21)22)24-19(23-4-2)15(16)6-5-11-20/h1,7-10,12,15-16,19-20H,4-6,11H2,2H3,(H,21,22)/t15-,16+,19+/m1/s1. The van der Waals surface area contributed by atoms with E-state index in [4.69, 9.17) is 21.0 Å². The number of aliphatic hydroxyl groups is 1. The highest BCUT2D eigenvalue weighted by Crippen LogP contribution is 2.39. The number of aliphatic carboxylic acids is 1. The van der Waals surface area contributed by atoms with Crippen LogP contribution >= 0.6 is 0 Å². The Morgan fingerprint density at radius 3 is 2.62 bits per heavy atom. The number of terminal acetylenes is 1. The molecule has 0 fully saturated rings. The lowest BCUT2D eigenvalue weighted by Crippen LogP contribution is -2.36. The summed E-state index contributed by atoms with van der Waals surface area (Å²) in [6.45, 7) is 2.31. The fraction of sp³-hybridized carbons (Fsp3) is 0.421. The number of rotatable bonds is 7. The van der Waals surface area contributed by atoms with Crippen molar-refractivity contribution in [1.29, 1.82) is 0 Å². The van der Waals surface area contributed by atoms with E-state index < -0.39 is 12.3 Å². The van der Waals surface area contributed by atoms with Gasteiger partial charge >= 0.3 is 5.97 Å². The number of hydrogen-bond donors (Lipinski definition) is 2. The molecule has 1 aliphatic heterocycles. The zero-order chi connectivity index (χ0) is 17.5. The Hall–Kier alpha value is -2.29. The lowest BCUT2D eigenvalue weighted by Gasteiger charge is -2.36. The lowest BCUT2D eigenvalue weighted by molar-refractivity contribution is -0.173. The average molecular weight is 330 g/mol. The summed E-state index contributed by atoms with van der Waals surface area (Å²) in [6, 6.07) is 7.46. The van der Waals surface area contributed by atoms with Crippen LogP contribution in [0.4, 0.5) is 0 Å². The Balaban J connectivity index is 2.40. The van der Waals surface area contributed by atoms with Crippen molar-refractivity contribution in [2.24, 2.45) is 5.92 Å². The Labute approximate surface area is 141 Å². The van der Waals surface area contributed by atoms with Crippen LogP contribution in [0, 0.1) is 18.3 Å². The Morgan fingerprint density at radius 2 is 2.08 bits per heavy atom. The Kier molecular flexibility index (Phi) is 6.42. The van der Waals surface area contributed by atoms with Gasteiger partial charge in [-0.2, -0.15) is 0 Å². The summed E-state index contributed by atoms with van der Waals surface area (Å²) in [6.07, 6.45) is 7.59. The van der Waals surface area contributed by atoms with Gasteiger partial charge in [0.15, 0.2) is 0 Å². The molecular weight excluding hydrogens is 308 g/mol. The van der Waals surface area contributed by atoms with Gasteiger partial charge in [0.05, 0.1) is 0 Å². The molecule has 0 saturated carbocycles. The first kappa shape index (κ1) is 18.1. The molecular formula is C19H22O5. The van der Waals surface area contributed by atoms with Crippen LogP contribution in [-0.2, 0) is 14.3 Å². The number of carboxylic acid groups (broad SMARTS) is 1. The summed E-state index contributed by atoms with van der Waals surface area (Å²) in [5.74, 6) is 1.07. The molecule has 0 saturated heterocycles. The number of carbonyl (C=O) groups is 1. The molecule has 1 aromatic carbocycles. The van der Waals surface area contributed by atoms with Gasteiger partial charge in [0.2, 0.25) is 12.0 Å². The van der Waals surface area contributed by atoms with Crippen molar-refractivity contribution in [3.8, 4) is 12.3 Å². The molecule has 0 bridgehead atoms. The zero-order valence-electron chi connectivity index (χ0n) is 13.6. The summed E-state index contributed by atoms with van der Waals surface area (Å²) in [5, 5.41) is 18.5. The highest BCUT2D eigenvalue weighted by molar-refractivity contribution is 5.84. The molecule has 0 radical (unpaired) electrons. The largest absolute Gasteiger partial charge is 0.475 e. The minimum absolute atomic E-state index is 0.0631. The van der Waals surface area contributed by atoms with Crippen LogP contribution in [0.25, 0.3) is 0 Å². The quantitative estimate of drug-likeness (QED) is 0.751. The van der Waals surface area contributed by atoms with E-state index in [1.807, 2.05) is 31.2 Å². The van der Waals surface area contributed by atoms with E-state index in [2.05, 4.69) is 5.92 Å². The minimum atomic E-state index is -1.12. The second kappa shape index (κ2) is 8.53. The summed E-state index contributed by atoms with van der Waals surface area (Å²) in [7, 11) is 0. The predicted octanol–water partition coefficient (Wildman–Crippen LogP) is 2.50. The molecule has 2 rings (SSSR count). The maximum absolute atomic E-state index is 11.4. The van der Waals surface area contributed by atoms with Gasteiger partial charge in [0.25, 0.3) is 0 Å². The highest BCUT2D eigenvalue weighted by Gasteiger charge is 2.37. The molecule has 0 spiro atoms. The number of carboxylic acids is 1. The van der Waals surface area contributed by atoms with E-state index in [0.29, 0.717) is 19.4 Å². The molecule has 1 heterocycles. The van der Waals surface area contributed by atoms with Crippen molar-refractivity contribution >= 4 is 5.97 Å². The van der Waals surface area contributed by atoms with Gasteiger partial charge in [-0.1, -0.05) is 18.1 Å². The molecule has 3 atom stereocenters. The average Bonchev–Trinajstić information content (AvgIpc) is 2.60. The van der Waals surface area contributed by atoms with Crippen molar-refractivity contribution in [2.75, 3.05) is 13.2 Å². The van der Waals surface area contributed by atoms with Crippen molar-refractivity contribution in [3.63, 3.8) is 0 Å². The third kappa shape index (κ3) is 4.16. The fourth-order valence-electron chi connectivity index (χ4n) is 2.94. The third-order valence-electron chi connectivity index (χ3n) is 4.08. The van der Waals surface area contributed by atoms with Gasteiger partial charge in [0, 0.05) is 30.6 Å². The molecule has 0 unspecified atom stereocenters. The first-order chi connectivity index (χ1) is 11.6. The smallest absolute Gasteiger partial charge is 0.370 e. The Morgan fingerprint density at radius 1 is 1.38 bits per heavy atom. The number of allylic oxidation sites excluding steroid dienone is 1. The molecule has 5 nitrogen and oxygen atoms in total. The van der Waals surface area contributed by atoms with E-state index in [-0.39, 0.29) is 24.2 Å². The SMILES string of the molecule is C#Cc1ccc([C@@H]2C=C(C(=O)O)O[C@H](OCC)[C@@H]2CCCO)cc1. The molecule has 0 amide bonds.